The summed E-state index contributed by atoms with van der Waals surface area (Å²) in [5.74, 6) is -3.86. The Morgan fingerprint density at radius 3 is 1.82 bits per heavy atom. The number of halogens is 5. The third kappa shape index (κ3) is 6.11. The fraction of sp³-hybridized carbons (Fsp3) is 0. The van der Waals surface area contributed by atoms with Gasteiger partial charge in [0, 0.05) is 5.69 Å². The summed E-state index contributed by atoms with van der Waals surface area (Å²) in [6, 6.07) is 24.9. The monoisotopic (exact) mass is 472 g/mol. The number of benzene rings is 4. The maximum Gasteiger partial charge on any atom is 0.325 e. The second kappa shape index (κ2) is 11.2. The lowest BCUT2D eigenvalue weighted by atomic mass is 10.2. The van der Waals surface area contributed by atoms with Gasteiger partial charge in [-0.15, -0.1) is 0 Å². The topological polar surface area (TPSA) is 32.3 Å². The standard InChI is InChI=1S/C13H8ClF2NO.C12H9F2N/c14-13(18)17(9-5-2-1-3-6-9)11-8-4-7-10(15)12(11)16;13-10-7-4-8-11(12(10)14)15-9-5-2-1-3-6-9/h1-8H;1-8,15H. The number of hydrogen-bond acceptors (Lipinski definition) is 2. The van der Waals surface area contributed by atoms with Gasteiger partial charge in [0.05, 0.1) is 17.1 Å². The van der Waals surface area contributed by atoms with Gasteiger partial charge in [-0.3, -0.25) is 9.69 Å². The number of anilines is 4. The van der Waals surface area contributed by atoms with E-state index in [2.05, 4.69) is 5.32 Å². The van der Waals surface area contributed by atoms with E-state index in [1.807, 2.05) is 18.2 Å². The van der Waals surface area contributed by atoms with E-state index >= 15 is 0 Å². The van der Waals surface area contributed by atoms with Gasteiger partial charge in [0.1, 0.15) is 0 Å². The molecule has 0 saturated heterocycles. The SMILES string of the molecule is Fc1cccc(Nc2ccccc2)c1F.O=C(Cl)N(c1ccccc1)c1cccc(F)c1F. The fourth-order valence-electron chi connectivity index (χ4n) is 2.85. The lowest BCUT2D eigenvalue weighted by Gasteiger charge is -2.20. The smallest absolute Gasteiger partial charge is 0.325 e. The number of nitrogens with zero attached hydrogens (tertiary/aromatic N) is 1. The van der Waals surface area contributed by atoms with Crippen LogP contribution in [0, 0.1) is 23.3 Å². The summed E-state index contributed by atoms with van der Waals surface area (Å²) in [5.41, 5.74) is 1.01. The lowest BCUT2D eigenvalue weighted by Crippen LogP contribution is -2.21. The zero-order valence-electron chi connectivity index (χ0n) is 17.0. The Hall–Kier alpha value is -3.84. The first kappa shape index (κ1) is 23.8. The summed E-state index contributed by atoms with van der Waals surface area (Å²) in [7, 11) is 0. The Morgan fingerprint density at radius 2 is 1.21 bits per heavy atom. The minimum Gasteiger partial charge on any atom is -0.353 e. The van der Waals surface area contributed by atoms with Gasteiger partial charge in [-0.05, 0) is 60.1 Å². The maximum absolute atomic E-state index is 13.7. The average molecular weight is 473 g/mol. The maximum atomic E-state index is 13.7. The van der Waals surface area contributed by atoms with Crippen LogP contribution in [-0.4, -0.2) is 5.37 Å². The van der Waals surface area contributed by atoms with Crippen molar-refractivity contribution >= 4 is 39.7 Å². The fourth-order valence-corrected chi connectivity index (χ4v) is 3.04. The van der Waals surface area contributed by atoms with Crippen molar-refractivity contribution in [2.24, 2.45) is 0 Å². The van der Waals surface area contributed by atoms with Crippen LogP contribution in [0.4, 0.5) is 45.1 Å². The van der Waals surface area contributed by atoms with Crippen molar-refractivity contribution in [3.8, 4) is 0 Å². The number of nitrogens with one attached hydrogen (secondary N) is 1. The molecule has 1 N–H and O–H groups in total. The summed E-state index contributed by atoms with van der Waals surface area (Å²) < 4.78 is 52.9. The van der Waals surface area contributed by atoms with E-state index in [-0.39, 0.29) is 11.4 Å². The van der Waals surface area contributed by atoms with Gasteiger partial charge in [0.25, 0.3) is 0 Å². The third-order valence-electron chi connectivity index (χ3n) is 4.37. The highest BCUT2D eigenvalue weighted by molar-refractivity contribution is 6.66. The Kier molecular flexibility index (Phi) is 8.05. The van der Waals surface area contributed by atoms with Gasteiger partial charge in [-0.25, -0.2) is 17.6 Å². The number of carbonyl (C=O) groups excluding carboxylic acids is 1. The summed E-state index contributed by atoms with van der Waals surface area (Å²) in [5, 5.41) is 1.89. The van der Waals surface area contributed by atoms with Gasteiger partial charge in [-0.2, -0.15) is 0 Å². The van der Waals surface area contributed by atoms with Crippen LogP contribution in [-0.2, 0) is 0 Å². The molecular weight excluding hydrogens is 456 g/mol. The number of carbonyl (C=O) groups is 1. The highest BCUT2D eigenvalue weighted by Crippen LogP contribution is 2.30. The molecule has 4 aromatic rings. The first-order chi connectivity index (χ1) is 15.9. The normalized spacial score (nSPS) is 10.1. The molecule has 0 heterocycles. The van der Waals surface area contributed by atoms with Crippen LogP contribution in [0.3, 0.4) is 0 Å². The molecule has 0 fully saturated rings. The molecule has 4 rings (SSSR count). The number of hydrogen-bond donors (Lipinski definition) is 1. The van der Waals surface area contributed by atoms with Gasteiger partial charge in [0.2, 0.25) is 0 Å². The zero-order chi connectivity index (χ0) is 23.8. The van der Waals surface area contributed by atoms with Crippen LogP contribution in [0.1, 0.15) is 0 Å². The van der Waals surface area contributed by atoms with Crippen molar-refractivity contribution in [1.82, 2.24) is 0 Å². The molecule has 0 aromatic heterocycles. The van der Waals surface area contributed by atoms with E-state index < -0.39 is 28.6 Å². The van der Waals surface area contributed by atoms with E-state index in [0.29, 0.717) is 5.69 Å². The van der Waals surface area contributed by atoms with E-state index in [1.165, 1.54) is 24.3 Å². The predicted molar refractivity (Wildman–Crippen MR) is 122 cm³/mol. The molecule has 0 radical (unpaired) electrons. The molecule has 0 saturated carbocycles. The molecule has 0 bridgehead atoms. The van der Waals surface area contributed by atoms with Crippen LogP contribution >= 0.6 is 11.6 Å². The Balaban J connectivity index is 0.000000189. The second-order valence-electron chi connectivity index (χ2n) is 6.59. The molecule has 4 aromatic carbocycles. The highest BCUT2D eigenvalue weighted by Gasteiger charge is 2.21. The minimum absolute atomic E-state index is 0.140. The Morgan fingerprint density at radius 1 is 0.667 bits per heavy atom. The summed E-state index contributed by atoms with van der Waals surface area (Å²) in [6.45, 7) is 0. The summed E-state index contributed by atoms with van der Waals surface area (Å²) >= 11 is 5.44. The van der Waals surface area contributed by atoms with Crippen molar-refractivity contribution in [2.75, 3.05) is 10.2 Å². The van der Waals surface area contributed by atoms with E-state index in [0.717, 1.165) is 22.7 Å². The molecule has 8 heteroatoms. The van der Waals surface area contributed by atoms with E-state index in [9.17, 15) is 22.4 Å². The largest absolute Gasteiger partial charge is 0.353 e. The number of rotatable bonds is 4. The molecule has 33 heavy (non-hydrogen) atoms. The van der Waals surface area contributed by atoms with Crippen molar-refractivity contribution in [3.63, 3.8) is 0 Å². The van der Waals surface area contributed by atoms with Crippen molar-refractivity contribution in [2.45, 2.75) is 0 Å². The molecule has 168 valence electrons. The molecule has 0 aliphatic heterocycles. The van der Waals surface area contributed by atoms with E-state index in [4.69, 9.17) is 11.6 Å². The van der Waals surface area contributed by atoms with Gasteiger partial charge in [-0.1, -0.05) is 48.5 Å². The van der Waals surface area contributed by atoms with Crippen LogP contribution in [0.15, 0.2) is 97.1 Å². The average Bonchev–Trinajstić information content (AvgIpc) is 2.82. The van der Waals surface area contributed by atoms with Crippen LogP contribution in [0.5, 0.6) is 0 Å². The van der Waals surface area contributed by atoms with Crippen molar-refractivity contribution in [3.05, 3.63) is 120 Å². The lowest BCUT2D eigenvalue weighted by molar-refractivity contribution is 0.266. The van der Waals surface area contributed by atoms with Crippen LogP contribution < -0.4 is 10.2 Å². The van der Waals surface area contributed by atoms with Gasteiger partial charge in [0.15, 0.2) is 23.3 Å². The molecule has 1 amide bonds. The second-order valence-corrected chi connectivity index (χ2v) is 6.91. The van der Waals surface area contributed by atoms with Gasteiger partial charge < -0.3 is 5.32 Å². The van der Waals surface area contributed by atoms with Crippen molar-refractivity contribution in [1.29, 1.82) is 0 Å². The molecule has 0 aliphatic rings. The van der Waals surface area contributed by atoms with Gasteiger partial charge >= 0.3 is 5.37 Å². The zero-order valence-corrected chi connectivity index (χ0v) is 17.7. The predicted octanol–water partition coefficient (Wildman–Crippen LogP) is 8.17. The molecule has 0 spiro atoms. The number of para-hydroxylation sites is 2. The summed E-state index contributed by atoms with van der Waals surface area (Å²) in [6.07, 6.45) is 0. The Bertz CT molecular complexity index is 1220. The quantitative estimate of drug-likeness (QED) is 0.184. The van der Waals surface area contributed by atoms with Crippen LogP contribution in [0.2, 0.25) is 0 Å². The highest BCUT2D eigenvalue weighted by atomic mass is 35.5. The summed E-state index contributed by atoms with van der Waals surface area (Å²) in [4.78, 5) is 12.3. The van der Waals surface area contributed by atoms with Crippen molar-refractivity contribution < 1.29 is 22.4 Å². The number of amides is 1. The van der Waals surface area contributed by atoms with Crippen LogP contribution in [0.25, 0.3) is 0 Å². The third-order valence-corrected chi connectivity index (χ3v) is 4.54. The first-order valence-corrected chi connectivity index (χ1v) is 10.0. The van der Waals surface area contributed by atoms with E-state index in [1.54, 1.807) is 42.5 Å². The minimum atomic E-state index is -1.12. The Labute approximate surface area is 192 Å². The molecular formula is C25H17ClF4N2O. The molecule has 0 unspecified atom stereocenters. The first-order valence-electron chi connectivity index (χ1n) is 9.63. The molecule has 0 aliphatic carbocycles. The molecule has 3 nitrogen and oxygen atoms in total. The molecule has 0 atom stereocenters.